The van der Waals surface area contributed by atoms with Crippen molar-refractivity contribution in [2.75, 3.05) is 46.9 Å². The van der Waals surface area contributed by atoms with Crippen LogP contribution in [0.1, 0.15) is 28.7 Å². The number of aliphatic imine (C=N–C) groups is 1. The first kappa shape index (κ1) is 23.7. The van der Waals surface area contributed by atoms with E-state index in [4.69, 9.17) is 9.15 Å². The van der Waals surface area contributed by atoms with Crippen LogP contribution in [0.4, 0.5) is 0 Å². The van der Waals surface area contributed by atoms with Gasteiger partial charge in [-0.25, -0.2) is 0 Å². The number of hydrogen-bond donors (Lipinski definition) is 1. The largest absolute Gasteiger partial charge is 0.465 e. The lowest BCUT2D eigenvalue weighted by atomic mass is 10.1. The minimum atomic E-state index is 0. The summed E-state index contributed by atoms with van der Waals surface area (Å²) in [6, 6.07) is 12.7. The first-order valence-electron chi connectivity index (χ1n) is 9.93. The minimum absolute atomic E-state index is 0. The zero-order chi connectivity index (χ0) is 19.9. The number of morpholine rings is 1. The molecule has 1 aromatic carbocycles. The molecule has 7 heteroatoms. The van der Waals surface area contributed by atoms with Crippen LogP contribution in [0.5, 0.6) is 0 Å². The van der Waals surface area contributed by atoms with Gasteiger partial charge >= 0.3 is 0 Å². The van der Waals surface area contributed by atoms with Crippen LogP contribution in [-0.2, 0) is 11.3 Å². The number of benzene rings is 1. The average molecular weight is 512 g/mol. The fourth-order valence-electron chi connectivity index (χ4n) is 3.62. The van der Waals surface area contributed by atoms with Gasteiger partial charge in [0.2, 0.25) is 0 Å². The summed E-state index contributed by atoms with van der Waals surface area (Å²) in [7, 11) is 3.90. The third-order valence-corrected chi connectivity index (χ3v) is 5.27. The lowest BCUT2D eigenvalue weighted by Crippen LogP contribution is -2.46. The van der Waals surface area contributed by atoms with Crippen LogP contribution in [0.3, 0.4) is 0 Å². The second kappa shape index (κ2) is 11.6. The van der Waals surface area contributed by atoms with E-state index in [1.807, 2.05) is 20.0 Å². The van der Waals surface area contributed by atoms with Gasteiger partial charge in [-0.2, -0.15) is 0 Å². The van der Waals surface area contributed by atoms with Gasteiger partial charge in [0, 0.05) is 40.3 Å². The van der Waals surface area contributed by atoms with E-state index in [1.165, 1.54) is 11.1 Å². The van der Waals surface area contributed by atoms with Crippen LogP contribution in [0, 0.1) is 13.8 Å². The molecular weight excluding hydrogens is 479 g/mol. The molecule has 29 heavy (non-hydrogen) atoms. The van der Waals surface area contributed by atoms with Crippen molar-refractivity contribution in [2.24, 2.45) is 4.99 Å². The summed E-state index contributed by atoms with van der Waals surface area (Å²) in [4.78, 5) is 9.07. The number of rotatable bonds is 6. The first-order valence-corrected chi connectivity index (χ1v) is 9.93. The van der Waals surface area contributed by atoms with Gasteiger partial charge in [0.15, 0.2) is 5.96 Å². The highest BCUT2D eigenvalue weighted by Crippen LogP contribution is 2.23. The molecule has 1 unspecified atom stereocenters. The molecule has 0 spiro atoms. The molecular formula is C22H33IN4O2. The van der Waals surface area contributed by atoms with E-state index in [0.717, 1.165) is 56.9 Å². The molecule has 1 aliphatic heterocycles. The van der Waals surface area contributed by atoms with Gasteiger partial charge in [-0.1, -0.05) is 24.3 Å². The second-order valence-electron chi connectivity index (χ2n) is 7.32. The van der Waals surface area contributed by atoms with E-state index in [1.54, 1.807) is 0 Å². The van der Waals surface area contributed by atoms with E-state index in [2.05, 4.69) is 64.4 Å². The highest BCUT2D eigenvalue weighted by atomic mass is 127. The van der Waals surface area contributed by atoms with Crippen molar-refractivity contribution >= 4 is 29.9 Å². The number of hydrogen-bond acceptors (Lipinski definition) is 4. The van der Waals surface area contributed by atoms with Crippen molar-refractivity contribution in [3.05, 3.63) is 59.0 Å². The fraction of sp³-hybridized carbons (Fsp3) is 0.500. The SMILES string of the molecule is CN=C(NCC(c1ccc(C)o1)N1CCOCC1)N(C)Cc1ccccc1C.I. The maximum atomic E-state index is 5.96. The molecule has 0 saturated carbocycles. The highest BCUT2D eigenvalue weighted by molar-refractivity contribution is 14.0. The molecule has 1 saturated heterocycles. The summed E-state index contributed by atoms with van der Waals surface area (Å²) in [6.07, 6.45) is 0. The van der Waals surface area contributed by atoms with Crippen molar-refractivity contribution in [3.63, 3.8) is 0 Å². The predicted molar refractivity (Wildman–Crippen MR) is 128 cm³/mol. The Morgan fingerprint density at radius 3 is 2.52 bits per heavy atom. The summed E-state index contributed by atoms with van der Waals surface area (Å²) >= 11 is 0. The number of nitrogens with one attached hydrogen (secondary N) is 1. The Hall–Kier alpha value is -1.58. The van der Waals surface area contributed by atoms with E-state index < -0.39 is 0 Å². The number of halogens is 1. The van der Waals surface area contributed by atoms with Gasteiger partial charge in [0.25, 0.3) is 0 Å². The second-order valence-corrected chi connectivity index (χ2v) is 7.32. The zero-order valence-corrected chi connectivity index (χ0v) is 20.2. The maximum Gasteiger partial charge on any atom is 0.193 e. The topological polar surface area (TPSA) is 53.2 Å². The van der Waals surface area contributed by atoms with Crippen LogP contribution in [0.15, 0.2) is 45.8 Å². The normalized spacial score (nSPS) is 16.2. The molecule has 2 heterocycles. The van der Waals surface area contributed by atoms with Crippen molar-refractivity contribution in [3.8, 4) is 0 Å². The molecule has 1 fully saturated rings. The van der Waals surface area contributed by atoms with E-state index in [9.17, 15) is 0 Å². The molecule has 160 valence electrons. The van der Waals surface area contributed by atoms with Crippen molar-refractivity contribution in [2.45, 2.75) is 26.4 Å². The molecule has 0 aliphatic carbocycles. The monoisotopic (exact) mass is 512 g/mol. The molecule has 3 rings (SSSR count). The molecule has 1 aliphatic rings. The Bertz CT molecular complexity index is 787. The van der Waals surface area contributed by atoms with Crippen LogP contribution in [0.25, 0.3) is 0 Å². The summed E-state index contributed by atoms with van der Waals surface area (Å²) in [5, 5.41) is 3.55. The lowest BCUT2D eigenvalue weighted by Gasteiger charge is -2.34. The Labute approximate surface area is 191 Å². The van der Waals surface area contributed by atoms with Crippen LogP contribution < -0.4 is 5.32 Å². The van der Waals surface area contributed by atoms with Crippen LogP contribution in [-0.4, -0.2) is 62.7 Å². The Morgan fingerprint density at radius 1 is 1.17 bits per heavy atom. The molecule has 0 bridgehead atoms. The highest BCUT2D eigenvalue weighted by Gasteiger charge is 2.25. The van der Waals surface area contributed by atoms with Crippen molar-refractivity contribution in [1.82, 2.24) is 15.1 Å². The smallest absolute Gasteiger partial charge is 0.193 e. The van der Waals surface area contributed by atoms with E-state index in [0.29, 0.717) is 0 Å². The van der Waals surface area contributed by atoms with Gasteiger partial charge < -0.3 is 19.4 Å². The lowest BCUT2D eigenvalue weighted by molar-refractivity contribution is 0.0123. The molecule has 0 amide bonds. The molecule has 0 radical (unpaired) electrons. The zero-order valence-electron chi connectivity index (χ0n) is 17.9. The molecule has 1 aromatic heterocycles. The van der Waals surface area contributed by atoms with Crippen LogP contribution >= 0.6 is 24.0 Å². The quantitative estimate of drug-likeness (QED) is 0.364. The first-order chi connectivity index (χ1) is 13.6. The molecule has 2 aromatic rings. The molecule has 1 N–H and O–H groups in total. The summed E-state index contributed by atoms with van der Waals surface area (Å²) in [5.41, 5.74) is 2.60. The van der Waals surface area contributed by atoms with Crippen molar-refractivity contribution in [1.29, 1.82) is 0 Å². The summed E-state index contributed by atoms with van der Waals surface area (Å²) in [5.74, 6) is 2.81. The number of furan rings is 1. The summed E-state index contributed by atoms with van der Waals surface area (Å²) in [6.45, 7) is 9.02. The predicted octanol–water partition coefficient (Wildman–Crippen LogP) is 3.60. The third-order valence-electron chi connectivity index (χ3n) is 5.27. The fourth-order valence-corrected chi connectivity index (χ4v) is 3.62. The van der Waals surface area contributed by atoms with Gasteiger partial charge in [0.1, 0.15) is 11.5 Å². The van der Waals surface area contributed by atoms with Crippen LogP contribution in [0.2, 0.25) is 0 Å². The molecule has 6 nitrogen and oxygen atoms in total. The Balaban J connectivity index is 0.00000300. The average Bonchev–Trinajstić information content (AvgIpc) is 3.13. The maximum absolute atomic E-state index is 5.96. The van der Waals surface area contributed by atoms with E-state index >= 15 is 0 Å². The van der Waals surface area contributed by atoms with E-state index in [-0.39, 0.29) is 30.0 Å². The number of aryl methyl sites for hydroxylation is 2. The number of ether oxygens (including phenoxy) is 1. The molecule has 1 atom stereocenters. The van der Waals surface area contributed by atoms with Gasteiger partial charge in [-0.05, 0) is 37.1 Å². The van der Waals surface area contributed by atoms with Gasteiger partial charge in [0.05, 0.1) is 19.3 Å². The third kappa shape index (κ3) is 6.45. The number of nitrogens with zero attached hydrogens (tertiary/aromatic N) is 3. The van der Waals surface area contributed by atoms with Gasteiger partial charge in [-0.15, -0.1) is 24.0 Å². The Kier molecular flexibility index (Phi) is 9.45. The van der Waals surface area contributed by atoms with Gasteiger partial charge in [-0.3, -0.25) is 9.89 Å². The van der Waals surface area contributed by atoms with Crippen molar-refractivity contribution < 1.29 is 9.15 Å². The standard InChI is InChI=1S/C22H32N4O2.HI/c1-17-7-5-6-8-19(17)16-25(4)22(23-3)24-15-20(21-10-9-18(2)28-21)26-11-13-27-14-12-26;/h5-10,20H,11-16H2,1-4H3,(H,23,24);1H. The number of guanidine groups is 1. The summed E-state index contributed by atoms with van der Waals surface area (Å²) < 4.78 is 11.5. The Morgan fingerprint density at radius 2 is 1.90 bits per heavy atom. The minimum Gasteiger partial charge on any atom is -0.465 e.